The minimum absolute atomic E-state index is 0.0571. The van der Waals surface area contributed by atoms with Gasteiger partial charge in [0.1, 0.15) is 6.04 Å². The van der Waals surface area contributed by atoms with E-state index in [9.17, 15) is 14.4 Å². The zero-order valence-electron chi connectivity index (χ0n) is 22.5. The van der Waals surface area contributed by atoms with Crippen molar-refractivity contribution >= 4 is 17.7 Å². The SMILES string of the molecule is C=CC[C@H](C(N)=O)[C@@H](CC1CCC1)C(=O)N[C@H]1CCCCN(Cc2cccc(-c3ccc(C)cc3)c2)C1=O. The molecule has 1 aliphatic heterocycles. The number of benzene rings is 2. The molecule has 202 valence electrons. The third-order valence-corrected chi connectivity index (χ3v) is 8.20. The zero-order chi connectivity index (χ0) is 27.1. The molecule has 1 saturated heterocycles. The molecule has 3 atom stereocenters. The molecule has 1 aliphatic carbocycles. The Hall–Kier alpha value is -3.41. The first-order valence-electron chi connectivity index (χ1n) is 14.0. The van der Waals surface area contributed by atoms with Crippen molar-refractivity contribution < 1.29 is 14.4 Å². The maximum atomic E-state index is 13.6. The van der Waals surface area contributed by atoms with E-state index in [2.05, 4.69) is 55.2 Å². The number of allylic oxidation sites excluding steroid dienone is 1. The monoisotopic (exact) mass is 515 g/mol. The molecule has 4 rings (SSSR count). The molecule has 3 amide bonds. The van der Waals surface area contributed by atoms with Crippen molar-refractivity contribution in [1.82, 2.24) is 10.2 Å². The molecule has 6 nitrogen and oxygen atoms in total. The minimum Gasteiger partial charge on any atom is -0.369 e. The number of carbonyl (C=O) groups excluding carboxylic acids is 3. The molecule has 2 aliphatic rings. The number of aryl methyl sites for hydroxylation is 1. The second-order valence-corrected chi connectivity index (χ2v) is 11.1. The van der Waals surface area contributed by atoms with E-state index in [0.29, 0.717) is 38.3 Å². The van der Waals surface area contributed by atoms with Gasteiger partial charge in [-0.2, -0.15) is 0 Å². The Morgan fingerprint density at radius 3 is 2.47 bits per heavy atom. The number of amides is 3. The predicted molar refractivity (Wildman–Crippen MR) is 151 cm³/mol. The summed E-state index contributed by atoms with van der Waals surface area (Å²) in [5, 5.41) is 3.04. The standard InChI is InChI=1S/C32H41N3O3/c1-3-8-27(30(33)36)28(20-23-9-6-10-23)31(37)34-29-13-4-5-18-35(32(29)38)21-24-11-7-12-26(19-24)25-16-14-22(2)15-17-25/h3,7,11-12,14-17,19,23,27-29H,1,4-6,8-10,13,18,20-21H2,2H3,(H2,33,36)(H,34,37)/t27-,28+,29-/m0/s1. The largest absolute Gasteiger partial charge is 0.369 e. The van der Waals surface area contributed by atoms with Gasteiger partial charge in [-0.25, -0.2) is 0 Å². The van der Waals surface area contributed by atoms with Crippen LogP contribution < -0.4 is 11.1 Å². The predicted octanol–water partition coefficient (Wildman–Crippen LogP) is 5.14. The summed E-state index contributed by atoms with van der Waals surface area (Å²) in [6, 6.07) is 16.1. The number of primary amides is 1. The summed E-state index contributed by atoms with van der Waals surface area (Å²) in [4.78, 5) is 41.3. The summed E-state index contributed by atoms with van der Waals surface area (Å²) in [7, 11) is 0. The van der Waals surface area contributed by atoms with E-state index in [1.165, 1.54) is 5.56 Å². The number of carbonyl (C=O) groups is 3. The summed E-state index contributed by atoms with van der Waals surface area (Å²) in [6.07, 6.45) is 8.29. The van der Waals surface area contributed by atoms with Gasteiger partial charge in [0.2, 0.25) is 17.7 Å². The van der Waals surface area contributed by atoms with E-state index in [1.54, 1.807) is 6.08 Å². The van der Waals surface area contributed by atoms with E-state index in [1.807, 2.05) is 17.0 Å². The number of hydrogen-bond donors (Lipinski definition) is 2. The van der Waals surface area contributed by atoms with Crippen molar-refractivity contribution in [3.63, 3.8) is 0 Å². The highest BCUT2D eigenvalue weighted by atomic mass is 16.2. The molecule has 38 heavy (non-hydrogen) atoms. The Morgan fingerprint density at radius 1 is 1.05 bits per heavy atom. The number of likely N-dealkylation sites (tertiary alicyclic amines) is 1. The smallest absolute Gasteiger partial charge is 0.245 e. The molecule has 2 aromatic rings. The van der Waals surface area contributed by atoms with Crippen LogP contribution >= 0.6 is 0 Å². The lowest BCUT2D eigenvalue weighted by Crippen LogP contribution is -2.51. The molecule has 0 aromatic heterocycles. The average Bonchev–Trinajstić information content (AvgIpc) is 3.04. The first kappa shape index (κ1) is 27.6. The van der Waals surface area contributed by atoms with Crippen LogP contribution in [-0.4, -0.2) is 35.2 Å². The maximum Gasteiger partial charge on any atom is 0.245 e. The third kappa shape index (κ3) is 6.91. The van der Waals surface area contributed by atoms with Gasteiger partial charge >= 0.3 is 0 Å². The second-order valence-electron chi connectivity index (χ2n) is 11.1. The Labute approximate surface area is 226 Å². The summed E-state index contributed by atoms with van der Waals surface area (Å²) < 4.78 is 0. The van der Waals surface area contributed by atoms with Crippen molar-refractivity contribution in [3.05, 3.63) is 72.3 Å². The zero-order valence-corrected chi connectivity index (χ0v) is 22.5. The molecule has 0 radical (unpaired) electrons. The van der Waals surface area contributed by atoms with Crippen LogP contribution in [0.25, 0.3) is 11.1 Å². The van der Waals surface area contributed by atoms with Crippen molar-refractivity contribution in [2.24, 2.45) is 23.5 Å². The van der Waals surface area contributed by atoms with Crippen LogP contribution in [-0.2, 0) is 20.9 Å². The van der Waals surface area contributed by atoms with E-state index in [-0.39, 0.29) is 11.8 Å². The molecule has 0 bridgehead atoms. The molecule has 6 heteroatoms. The maximum absolute atomic E-state index is 13.6. The Bertz CT molecular complexity index is 1140. The lowest BCUT2D eigenvalue weighted by molar-refractivity contribution is -0.139. The van der Waals surface area contributed by atoms with Crippen molar-refractivity contribution in [2.75, 3.05) is 6.54 Å². The summed E-state index contributed by atoms with van der Waals surface area (Å²) >= 11 is 0. The summed E-state index contributed by atoms with van der Waals surface area (Å²) in [6.45, 7) is 6.99. The first-order chi connectivity index (χ1) is 18.4. The molecule has 2 fully saturated rings. The second kappa shape index (κ2) is 12.9. The normalized spacial score (nSPS) is 19.7. The minimum atomic E-state index is -0.602. The number of nitrogens with zero attached hydrogens (tertiary/aromatic N) is 1. The van der Waals surface area contributed by atoms with Gasteiger partial charge in [0.05, 0.1) is 11.8 Å². The highest BCUT2D eigenvalue weighted by Gasteiger charge is 2.37. The van der Waals surface area contributed by atoms with Gasteiger partial charge in [-0.05, 0) is 67.7 Å². The van der Waals surface area contributed by atoms with Crippen LogP contribution in [0.4, 0.5) is 0 Å². The molecule has 3 N–H and O–H groups in total. The third-order valence-electron chi connectivity index (χ3n) is 8.20. The fourth-order valence-corrected chi connectivity index (χ4v) is 5.69. The lowest BCUT2D eigenvalue weighted by atomic mass is 9.74. The van der Waals surface area contributed by atoms with E-state index in [4.69, 9.17) is 5.73 Å². The molecule has 1 saturated carbocycles. The van der Waals surface area contributed by atoms with Gasteiger partial charge in [0, 0.05) is 13.1 Å². The molecular weight excluding hydrogens is 474 g/mol. The number of nitrogens with two attached hydrogens (primary N) is 1. The molecular formula is C32H41N3O3. The van der Waals surface area contributed by atoms with Gasteiger partial charge in [0.25, 0.3) is 0 Å². The lowest BCUT2D eigenvalue weighted by Gasteiger charge is -2.33. The topological polar surface area (TPSA) is 92.5 Å². The quantitative estimate of drug-likeness (QED) is 0.406. The van der Waals surface area contributed by atoms with Crippen LogP contribution in [0.2, 0.25) is 0 Å². The highest BCUT2D eigenvalue weighted by Crippen LogP contribution is 2.36. The van der Waals surface area contributed by atoms with E-state index in [0.717, 1.165) is 48.8 Å². The van der Waals surface area contributed by atoms with Crippen LogP contribution in [0.3, 0.4) is 0 Å². The van der Waals surface area contributed by atoms with Gasteiger partial charge in [-0.1, -0.05) is 73.4 Å². The van der Waals surface area contributed by atoms with Gasteiger partial charge in [0.15, 0.2) is 0 Å². The van der Waals surface area contributed by atoms with Crippen LogP contribution in [0.15, 0.2) is 61.2 Å². The number of nitrogens with one attached hydrogen (secondary N) is 1. The fourth-order valence-electron chi connectivity index (χ4n) is 5.69. The summed E-state index contributed by atoms with van der Waals surface area (Å²) in [5.74, 6) is -1.48. The Balaban J connectivity index is 1.47. The average molecular weight is 516 g/mol. The molecule has 0 spiro atoms. The number of hydrogen-bond acceptors (Lipinski definition) is 3. The van der Waals surface area contributed by atoms with Crippen LogP contribution in [0.1, 0.15) is 62.5 Å². The number of rotatable bonds is 11. The highest BCUT2D eigenvalue weighted by molar-refractivity contribution is 5.91. The summed E-state index contributed by atoms with van der Waals surface area (Å²) in [5.41, 5.74) is 10.3. The Kier molecular flexibility index (Phi) is 9.38. The molecule has 2 aromatic carbocycles. The first-order valence-corrected chi connectivity index (χ1v) is 14.0. The molecule has 0 unspecified atom stereocenters. The van der Waals surface area contributed by atoms with Crippen LogP contribution in [0, 0.1) is 24.7 Å². The molecule has 1 heterocycles. The van der Waals surface area contributed by atoms with E-state index >= 15 is 0 Å². The van der Waals surface area contributed by atoms with Crippen molar-refractivity contribution in [3.8, 4) is 11.1 Å². The van der Waals surface area contributed by atoms with E-state index < -0.39 is 23.8 Å². The van der Waals surface area contributed by atoms with Gasteiger partial charge < -0.3 is 16.0 Å². The van der Waals surface area contributed by atoms with Crippen molar-refractivity contribution in [1.29, 1.82) is 0 Å². The van der Waals surface area contributed by atoms with Crippen LogP contribution in [0.5, 0.6) is 0 Å². The Morgan fingerprint density at radius 2 is 1.82 bits per heavy atom. The van der Waals surface area contributed by atoms with Gasteiger partial charge in [-0.15, -0.1) is 6.58 Å². The van der Waals surface area contributed by atoms with Crippen molar-refractivity contribution in [2.45, 2.75) is 70.9 Å². The van der Waals surface area contributed by atoms with Gasteiger partial charge in [-0.3, -0.25) is 14.4 Å². The fraction of sp³-hybridized carbons (Fsp3) is 0.469.